The van der Waals surface area contributed by atoms with E-state index in [1.54, 1.807) is 11.1 Å². The van der Waals surface area contributed by atoms with Gasteiger partial charge in [-0.25, -0.2) is 4.79 Å². The van der Waals surface area contributed by atoms with Crippen molar-refractivity contribution in [2.45, 2.75) is 32.2 Å². The van der Waals surface area contributed by atoms with Gasteiger partial charge in [-0.05, 0) is 12.5 Å². The van der Waals surface area contributed by atoms with E-state index in [0.717, 1.165) is 30.0 Å². The minimum atomic E-state index is -0.303. The lowest BCUT2D eigenvalue weighted by molar-refractivity contribution is 0.142. The number of rotatable bonds is 2. The Kier molecular flexibility index (Phi) is 3.11. The summed E-state index contributed by atoms with van der Waals surface area (Å²) in [6.07, 6.45) is 1.24. The van der Waals surface area contributed by atoms with Gasteiger partial charge >= 0.3 is 6.09 Å². The predicted molar refractivity (Wildman–Crippen MR) is 81.5 cm³/mol. The molecule has 6 nitrogen and oxygen atoms in total. The van der Waals surface area contributed by atoms with Crippen LogP contribution in [0.4, 0.5) is 10.5 Å². The van der Waals surface area contributed by atoms with E-state index in [1.807, 2.05) is 35.0 Å². The second-order valence-corrected chi connectivity index (χ2v) is 5.83. The lowest BCUT2D eigenvalue weighted by Gasteiger charge is -2.23. The molecule has 1 unspecified atom stereocenters. The molecule has 114 valence electrons. The molecule has 0 spiro atoms. The standard InChI is InChI=1S/C16H18N4O2/c1-11-9-20-14(7-17-11)13(8-18-20)19-10-15(22-16(19)21)12-5-3-2-4-6-12/h2-6,8,11,15,17H,7,9-10H2,1H3/t11-,15?/m0/s1. The van der Waals surface area contributed by atoms with Crippen molar-refractivity contribution in [3.8, 4) is 0 Å². The first-order valence-corrected chi connectivity index (χ1v) is 7.53. The molecule has 1 amide bonds. The van der Waals surface area contributed by atoms with Gasteiger partial charge in [0.25, 0.3) is 0 Å². The van der Waals surface area contributed by atoms with Gasteiger partial charge in [0.2, 0.25) is 0 Å². The fourth-order valence-electron chi connectivity index (χ4n) is 3.06. The zero-order valence-electron chi connectivity index (χ0n) is 12.4. The van der Waals surface area contributed by atoms with Crippen LogP contribution in [0, 0.1) is 0 Å². The van der Waals surface area contributed by atoms with Crippen molar-refractivity contribution in [3.63, 3.8) is 0 Å². The number of hydrogen-bond acceptors (Lipinski definition) is 4. The molecule has 1 fully saturated rings. The highest BCUT2D eigenvalue weighted by molar-refractivity contribution is 5.90. The third kappa shape index (κ3) is 2.16. The fourth-order valence-corrected chi connectivity index (χ4v) is 3.06. The van der Waals surface area contributed by atoms with Crippen molar-refractivity contribution in [2.24, 2.45) is 0 Å². The maximum atomic E-state index is 12.3. The van der Waals surface area contributed by atoms with Gasteiger partial charge in [0, 0.05) is 12.6 Å². The van der Waals surface area contributed by atoms with Gasteiger partial charge < -0.3 is 10.1 Å². The van der Waals surface area contributed by atoms with Gasteiger partial charge in [0.15, 0.2) is 0 Å². The lowest BCUT2D eigenvalue weighted by atomic mass is 10.1. The summed E-state index contributed by atoms with van der Waals surface area (Å²) in [4.78, 5) is 13.9. The van der Waals surface area contributed by atoms with Gasteiger partial charge in [-0.3, -0.25) is 9.58 Å². The Morgan fingerprint density at radius 3 is 2.91 bits per heavy atom. The average molecular weight is 298 g/mol. The second-order valence-electron chi connectivity index (χ2n) is 5.83. The summed E-state index contributed by atoms with van der Waals surface area (Å²) in [7, 11) is 0. The molecule has 2 atom stereocenters. The molecule has 0 bridgehead atoms. The minimum absolute atomic E-state index is 0.222. The van der Waals surface area contributed by atoms with Crippen molar-refractivity contribution < 1.29 is 9.53 Å². The first-order chi connectivity index (χ1) is 10.7. The predicted octanol–water partition coefficient (Wildman–Crippen LogP) is 2.07. The van der Waals surface area contributed by atoms with E-state index in [9.17, 15) is 4.79 Å². The van der Waals surface area contributed by atoms with Crippen molar-refractivity contribution >= 4 is 11.8 Å². The fraction of sp³-hybridized carbons (Fsp3) is 0.375. The number of fused-ring (bicyclic) bond motifs is 1. The van der Waals surface area contributed by atoms with Crippen molar-refractivity contribution in [1.29, 1.82) is 0 Å². The van der Waals surface area contributed by atoms with Crippen LogP contribution in [0.25, 0.3) is 0 Å². The molecular weight excluding hydrogens is 280 g/mol. The molecule has 3 heterocycles. The molecule has 6 heteroatoms. The number of nitrogens with zero attached hydrogens (tertiary/aromatic N) is 3. The number of aromatic nitrogens is 2. The molecule has 0 aliphatic carbocycles. The molecule has 1 N–H and O–H groups in total. The van der Waals surface area contributed by atoms with Crippen LogP contribution in [0.15, 0.2) is 36.5 Å². The molecule has 1 aromatic heterocycles. The Balaban J connectivity index is 1.60. The molecular formula is C16H18N4O2. The van der Waals surface area contributed by atoms with Crippen LogP contribution in [0.2, 0.25) is 0 Å². The maximum absolute atomic E-state index is 12.3. The summed E-state index contributed by atoms with van der Waals surface area (Å²) in [6, 6.07) is 10.2. The number of cyclic esters (lactones) is 1. The molecule has 4 rings (SSSR count). The maximum Gasteiger partial charge on any atom is 0.415 e. The summed E-state index contributed by atoms with van der Waals surface area (Å²) < 4.78 is 7.50. The zero-order valence-corrected chi connectivity index (χ0v) is 12.4. The van der Waals surface area contributed by atoms with E-state index in [1.165, 1.54) is 0 Å². The van der Waals surface area contributed by atoms with Crippen LogP contribution in [0.1, 0.15) is 24.3 Å². The highest BCUT2D eigenvalue weighted by Crippen LogP contribution is 2.32. The van der Waals surface area contributed by atoms with Crippen molar-refractivity contribution in [3.05, 3.63) is 47.8 Å². The SMILES string of the molecule is C[C@H]1Cn2ncc(N3CC(c4ccccc4)OC3=O)c2CN1. The monoisotopic (exact) mass is 298 g/mol. The number of ether oxygens (including phenoxy) is 1. The molecule has 1 saturated heterocycles. The summed E-state index contributed by atoms with van der Waals surface area (Å²) in [5.41, 5.74) is 2.91. The number of anilines is 1. The van der Waals surface area contributed by atoms with Gasteiger partial charge in [-0.1, -0.05) is 30.3 Å². The molecule has 2 aliphatic heterocycles. The highest BCUT2D eigenvalue weighted by Gasteiger charge is 2.36. The highest BCUT2D eigenvalue weighted by atomic mass is 16.6. The summed E-state index contributed by atoms with van der Waals surface area (Å²) >= 11 is 0. The average Bonchev–Trinajstić information content (AvgIpc) is 3.11. The number of benzene rings is 1. The Bertz CT molecular complexity index is 697. The minimum Gasteiger partial charge on any atom is -0.439 e. The van der Waals surface area contributed by atoms with Crippen LogP contribution in [-0.4, -0.2) is 28.5 Å². The van der Waals surface area contributed by atoms with Crippen LogP contribution in [-0.2, 0) is 17.8 Å². The summed E-state index contributed by atoms with van der Waals surface area (Å²) in [5, 5.41) is 7.82. The van der Waals surface area contributed by atoms with Gasteiger partial charge in [0.1, 0.15) is 6.10 Å². The molecule has 0 saturated carbocycles. The first-order valence-electron chi connectivity index (χ1n) is 7.53. The first kappa shape index (κ1) is 13.3. The van der Waals surface area contributed by atoms with Crippen molar-refractivity contribution in [2.75, 3.05) is 11.4 Å². The van der Waals surface area contributed by atoms with E-state index in [0.29, 0.717) is 12.6 Å². The Morgan fingerprint density at radius 1 is 1.27 bits per heavy atom. The number of carbonyl (C=O) groups excluding carboxylic acids is 1. The third-order valence-corrected chi connectivity index (χ3v) is 4.27. The van der Waals surface area contributed by atoms with Crippen LogP contribution >= 0.6 is 0 Å². The Morgan fingerprint density at radius 2 is 2.09 bits per heavy atom. The van der Waals surface area contributed by atoms with Crippen LogP contribution in [0.3, 0.4) is 0 Å². The van der Waals surface area contributed by atoms with Gasteiger partial charge in [-0.2, -0.15) is 5.10 Å². The van der Waals surface area contributed by atoms with Crippen LogP contribution < -0.4 is 10.2 Å². The van der Waals surface area contributed by atoms with E-state index < -0.39 is 0 Å². The molecule has 2 aliphatic rings. The molecule has 1 aromatic carbocycles. The number of carbonyl (C=O) groups is 1. The zero-order chi connectivity index (χ0) is 15.1. The lowest BCUT2D eigenvalue weighted by Crippen LogP contribution is -2.37. The summed E-state index contributed by atoms with van der Waals surface area (Å²) in [5.74, 6) is 0. The third-order valence-electron chi connectivity index (χ3n) is 4.27. The largest absolute Gasteiger partial charge is 0.439 e. The topological polar surface area (TPSA) is 59.4 Å². The van der Waals surface area contributed by atoms with E-state index in [4.69, 9.17) is 4.74 Å². The van der Waals surface area contributed by atoms with Gasteiger partial charge in [-0.15, -0.1) is 0 Å². The Hall–Kier alpha value is -2.34. The molecule has 2 aromatic rings. The van der Waals surface area contributed by atoms with E-state index in [2.05, 4.69) is 17.3 Å². The van der Waals surface area contributed by atoms with Gasteiger partial charge in [0.05, 0.1) is 30.7 Å². The number of hydrogen-bond donors (Lipinski definition) is 1. The molecule has 0 radical (unpaired) electrons. The normalized spacial score (nSPS) is 24.2. The molecule has 22 heavy (non-hydrogen) atoms. The van der Waals surface area contributed by atoms with E-state index in [-0.39, 0.29) is 12.2 Å². The van der Waals surface area contributed by atoms with Crippen molar-refractivity contribution in [1.82, 2.24) is 15.1 Å². The number of nitrogens with one attached hydrogen (secondary N) is 1. The smallest absolute Gasteiger partial charge is 0.415 e. The summed E-state index contributed by atoms with van der Waals surface area (Å²) in [6.45, 7) is 4.19. The number of amides is 1. The Labute approximate surface area is 128 Å². The second kappa shape index (κ2) is 5.14. The van der Waals surface area contributed by atoms with Crippen LogP contribution in [0.5, 0.6) is 0 Å². The van der Waals surface area contributed by atoms with E-state index >= 15 is 0 Å². The quantitative estimate of drug-likeness (QED) is 0.922.